The highest BCUT2D eigenvalue weighted by Gasteiger charge is 2.15. The lowest BCUT2D eigenvalue weighted by Gasteiger charge is -2.34. The SMILES string of the molecule is CCN1CCN(Cc2ccc(CNC(=NC)NCCc3cccs3)cc2)CC1. The third kappa shape index (κ3) is 6.62. The molecule has 2 heterocycles. The molecule has 5 nitrogen and oxygen atoms in total. The fourth-order valence-corrected chi connectivity index (χ4v) is 4.16. The van der Waals surface area contributed by atoms with E-state index in [1.807, 2.05) is 7.05 Å². The largest absolute Gasteiger partial charge is 0.356 e. The minimum Gasteiger partial charge on any atom is -0.356 e. The van der Waals surface area contributed by atoms with Crippen LogP contribution in [0.2, 0.25) is 0 Å². The monoisotopic (exact) mass is 399 g/mol. The van der Waals surface area contributed by atoms with Crippen molar-refractivity contribution in [2.45, 2.75) is 26.4 Å². The number of rotatable bonds is 8. The molecule has 1 aliphatic rings. The molecule has 0 amide bonds. The average molecular weight is 400 g/mol. The Bertz CT molecular complexity index is 703. The van der Waals surface area contributed by atoms with Crippen LogP contribution in [0.1, 0.15) is 22.9 Å². The molecule has 1 saturated heterocycles. The Kier molecular flexibility index (Phi) is 8.33. The van der Waals surface area contributed by atoms with E-state index in [0.29, 0.717) is 0 Å². The molecule has 0 bridgehead atoms. The van der Waals surface area contributed by atoms with Gasteiger partial charge in [-0.15, -0.1) is 11.3 Å². The molecule has 0 atom stereocenters. The zero-order chi connectivity index (χ0) is 19.6. The molecule has 0 radical (unpaired) electrons. The zero-order valence-corrected chi connectivity index (χ0v) is 18.0. The molecule has 3 rings (SSSR count). The number of benzene rings is 1. The van der Waals surface area contributed by atoms with Gasteiger partial charge in [-0.05, 0) is 35.5 Å². The van der Waals surface area contributed by atoms with Crippen molar-refractivity contribution in [1.82, 2.24) is 20.4 Å². The van der Waals surface area contributed by atoms with Gasteiger partial charge in [0.2, 0.25) is 0 Å². The summed E-state index contributed by atoms with van der Waals surface area (Å²) >= 11 is 1.80. The summed E-state index contributed by atoms with van der Waals surface area (Å²) in [4.78, 5) is 10.8. The van der Waals surface area contributed by atoms with Gasteiger partial charge in [0.1, 0.15) is 0 Å². The zero-order valence-electron chi connectivity index (χ0n) is 17.2. The van der Waals surface area contributed by atoms with Crippen molar-refractivity contribution in [3.05, 3.63) is 57.8 Å². The van der Waals surface area contributed by atoms with Crippen LogP contribution in [0.25, 0.3) is 0 Å². The Labute approximate surface area is 173 Å². The molecule has 1 fully saturated rings. The Morgan fingerprint density at radius 3 is 2.36 bits per heavy atom. The van der Waals surface area contributed by atoms with Crippen LogP contribution in [0, 0.1) is 0 Å². The molecule has 28 heavy (non-hydrogen) atoms. The molecule has 2 N–H and O–H groups in total. The summed E-state index contributed by atoms with van der Waals surface area (Å²) in [6, 6.07) is 13.2. The van der Waals surface area contributed by atoms with E-state index in [1.165, 1.54) is 48.7 Å². The third-order valence-electron chi connectivity index (χ3n) is 5.27. The smallest absolute Gasteiger partial charge is 0.191 e. The van der Waals surface area contributed by atoms with Gasteiger partial charge in [0, 0.05) is 57.7 Å². The van der Waals surface area contributed by atoms with Crippen molar-refractivity contribution >= 4 is 17.3 Å². The van der Waals surface area contributed by atoms with Gasteiger partial charge in [0.15, 0.2) is 5.96 Å². The number of thiophene rings is 1. The summed E-state index contributed by atoms with van der Waals surface area (Å²) in [7, 11) is 1.82. The fourth-order valence-electron chi connectivity index (χ4n) is 3.45. The second-order valence-electron chi connectivity index (χ2n) is 7.21. The van der Waals surface area contributed by atoms with Gasteiger partial charge >= 0.3 is 0 Å². The van der Waals surface area contributed by atoms with Crippen LogP contribution in [-0.4, -0.2) is 62.1 Å². The second kappa shape index (κ2) is 11.2. The highest BCUT2D eigenvalue weighted by molar-refractivity contribution is 7.09. The quantitative estimate of drug-likeness (QED) is 0.529. The number of piperazine rings is 1. The lowest BCUT2D eigenvalue weighted by Crippen LogP contribution is -2.45. The molecule has 152 valence electrons. The molecule has 2 aromatic rings. The summed E-state index contributed by atoms with van der Waals surface area (Å²) in [5, 5.41) is 8.91. The first-order valence-electron chi connectivity index (χ1n) is 10.3. The summed E-state index contributed by atoms with van der Waals surface area (Å²) in [5.74, 6) is 0.856. The summed E-state index contributed by atoms with van der Waals surface area (Å²) in [6.45, 7) is 10.9. The van der Waals surface area contributed by atoms with Crippen LogP contribution in [0.3, 0.4) is 0 Å². The Balaban J connectivity index is 1.38. The maximum atomic E-state index is 4.32. The van der Waals surface area contributed by atoms with E-state index in [2.05, 4.69) is 74.1 Å². The van der Waals surface area contributed by atoms with Gasteiger partial charge in [-0.2, -0.15) is 0 Å². The van der Waals surface area contributed by atoms with E-state index in [1.54, 1.807) is 11.3 Å². The number of hydrogen-bond acceptors (Lipinski definition) is 4. The van der Waals surface area contributed by atoms with E-state index in [-0.39, 0.29) is 0 Å². The Morgan fingerprint density at radius 1 is 1.00 bits per heavy atom. The Hall–Kier alpha value is -1.89. The maximum Gasteiger partial charge on any atom is 0.191 e. The van der Waals surface area contributed by atoms with Crippen molar-refractivity contribution < 1.29 is 0 Å². The van der Waals surface area contributed by atoms with Crippen LogP contribution in [0.5, 0.6) is 0 Å². The predicted molar refractivity (Wildman–Crippen MR) is 120 cm³/mol. The van der Waals surface area contributed by atoms with E-state index < -0.39 is 0 Å². The topological polar surface area (TPSA) is 42.9 Å². The summed E-state index contributed by atoms with van der Waals surface area (Å²) in [6.07, 6.45) is 1.03. The predicted octanol–water partition coefficient (Wildman–Crippen LogP) is 2.79. The second-order valence-corrected chi connectivity index (χ2v) is 8.24. The molecule has 0 unspecified atom stereocenters. The molecule has 1 aromatic heterocycles. The average Bonchev–Trinajstić information content (AvgIpc) is 3.26. The summed E-state index contributed by atoms with van der Waals surface area (Å²) < 4.78 is 0. The summed E-state index contributed by atoms with van der Waals surface area (Å²) in [5.41, 5.74) is 2.67. The van der Waals surface area contributed by atoms with Gasteiger partial charge in [-0.25, -0.2) is 0 Å². The molecule has 0 spiro atoms. The first kappa shape index (κ1) is 20.8. The first-order valence-corrected chi connectivity index (χ1v) is 11.1. The van der Waals surface area contributed by atoms with Gasteiger partial charge in [-0.3, -0.25) is 9.89 Å². The number of likely N-dealkylation sites (N-methyl/N-ethyl adjacent to an activating group) is 1. The minimum absolute atomic E-state index is 0.786. The van der Waals surface area contributed by atoms with Crippen molar-refractivity contribution in [2.24, 2.45) is 4.99 Å². The lowest BCUT2D eigenvalue weighted by molar-refractivity contribution is 0.132. The standard InChI is InChI=1S/C22H33N5S/c1-3-26-12-14-27(15-13-26)18-20-8-6-19(7-9-20)17-25-22(23-2)24-11-10-21-5-4-16-28-21/h4-9,16H,3,10-15,17-18H2,1-2H3,(H2,23,24,25). The van der Waals surface area contributed by atoms with Gasteiger partial charge in [0.25, 0.3) is 0 Å². The normalized spacial score (nSPS) is 16.3. The van der Waals surface area contributed by atoms with E-state index in [9.17, 15) is 0 Å². The number of aliphatic imine (C=N–C) groups is 1. The van der Waals surface area contributed by atoms with Gasteiger partial charge in [0.05, 0.1) is 0 Å². The minimum atomic E-state index is 0.786. The van der Waals surface area contributed by atoms with Crippen LogP contribution in [-0.2, 0) is 19.5 Å². The highest BCUT2D eigenvalue weighted by Crippen LogP contribution is 2.10. The van der Waals surface area contributed by atoms with E-state index >= 15 is 0 Å². The van der Waals surface area contributed by atoms with Gasteiger partial charge in [-0.1, -0.05) is 37.3 Å². The Morgan fingerprint density at radius 2 is 1.71 bits per heavy atom. The highest BCUT2D eigenvalue weighted by atomic mass is 32.1. The fraction of sp³-hybridized carbons (Fsp3) is 0.500. The number of hydrogen-bond donors (Lipinski definition) is 2. The van der Waals surface area contributed by atoms with Gasteiger partial charge < -0.3 is 15.5 Å². The molecule has 1 aliphatic heterocycles. The molecular formula is C22H33N5S. The van der Waals surface area contributed by atoms with Crippen LogP contribution in [0.4, 0.5) is 0 Å². The molecular weight excluding hydrogens is 366 g/mol. The lowest BCUT2D eigenvalue weighted by atomic mass is 10.1. The molecule has 0 saturated carbocycles. The first-order chi connectivity index (χ1) is 13.8. The third-order valence-corrected chi connectivity index (χ3v) is 6.20. The maximum absolute atomic E-state index is 4.32. The molecule has 6 heteroatoms. The van der Waals surface area contributed by atoms with Crippen LogP contribution < -0.4 is 10.6 Å². The van der Waals surface area contributed by atoms with Crippen molar-refractivity contribution in [3.8, 4) is 0 Å². The number of nitrogens with one attached hydrogen (secondary N) is 2. The van der Waals surface area contributed by atoms with Crippen molar-refractivity contribution in [2.75, 3.05) is 46.3 Å². The molecule has 1 aromatic carbocycles. The van der Waals surface area contributed by atoms with Crippen molar-refractivity contribution in [1.29, 1.82) is 0 Å². The van der Waals surface area contributed by atoms with E-state index in [4.69, 9.17) is 0 Å². The van der Waals surface area contributed by atoms with Crippen LogP contribution in [0.15, 0.2) is 46.8 Å². The number of nitrogens with zero attached hydrogens (tertiary/aromatic N) is 3. The number of guanidine groups is 1. The molecule has 0 aliphatic carbocycles. The van der Waals surface area contributed by atoms with E-state index in [0.717, 1.165) is 32.0 Å². The van der Waals surface area contributed by atoms with Crippen molar-refractivity contribution in [3.63, 3.8) is 0 Å². The van der Waals surface area contributed by atoms with Crippen LogP contribution >= 0.6 is 11.3 Å².